The van der Waals surface area contributed by atoms with Crippen LogP contribution in [0.5, 0.6) is 11.5 Å². The van der Waals surface area contributed by atoms with Crippen molar-refractivity contribution in [3.8, 4) is 17.6 Å². The van der Waals surface area contributed by atoms with Crippen molar-refractivity contribution in [1.82, 2.24) is 24.6 Å². The first-order valence-corrected chi connectivity index (χ1v) is 14.3. The number of rotatable bonds is 6. The molecule has 3 aromatic heterocycles. The summed E-state index contributed by atoms with van der Waals surface area (Å²) in [7, 11) is -3.52. The molecule has 202 valence electrons. The van der Waals surface area contributed by atoms with Crippen LogP contribution in [0.3, 0.4) is 0 Å². The van der Waals surface area contributed by atoms with Gasteiger partial charge in [-0.3, -0.25) is 9.48 Å². The number of likely N-dealkylation sites (tertiary alicyclic amines) is 1. The molecule has 1 amide bonds. The zero-order valence-electron chi connectivity index (χ0n) is 21.6. The molecule has 1 fully saturated rings. The minimum Gasteiger partial charge on any atom is -0.505 e. The average molecular weight is 557 g/mol. The van der Waals surface area contributed by atoms with Gasteiger partial charge in [-0.25, -0.2) is 13.4 Å². The van der Waals surface area contributed by atoms with Gasteiger partial charge in [-0.1, -0.05) is 0 Å². The Hall–Kier alpha value is -4.89. The van der Waals surface area contributed by atoms with Crippen LogP contribution in [0.2, 0.25) is 0 Å². The number of nitrogens with zero attached hydrogens (tertiary/aromatic N) is 5. The number of aromatic nitrogens is 4. The number of hydrogen-bond donors (Lipinski definition) is 2. The van der Waals surface area contributed by atoms with Crippen molar-refractivity contribution in [3.63, 3.8) is 0 Å². The molecule has 2 N–H and O–H groups in total. The standard InChI is InChI=1S/C28H24N6O5S/c1-16-10-23(40(2,37)38)21(20-7-9-31-24(16)20)15-34-12-18-6-5-17(11-29)27(25(18)32-34)39-19-13-33(14-19)28(36)26-22(35)4-3-8-30-26/h3-10,12,19,31,35H,13-15H2,1-2H3. The molecule has 0 bridgehead atoms. The third-order valence-corrected chi connectivity index (χ3v) is 8.20. The molecule has 0 radical (unpaired) electrons. The lowest BCUT2D eigenvalue weighted by Crippen LogP contribution is -2.56. The Morgan fingerprint density at radius 1 is 1.27 bits per heavy atom. The van der Waals surface area contributed by atoms with Gasteiger partial charge in [-0.15, -0.1) is 0 Å². The van der Waals surface area contributed by atoms with E-state index < -0.39 is 15.7 Å². The van der Waals surface area contributed by atoms with Gasteiger partial charge in [-0.2, -0.15) is 10.4 Å². The third kappa shape index (κ3) is 4.30. The molecule has 1 aliphatic rings. The largest absolute Gasteiger partial charge is 0.505 e. The van der Waals surface area contributed by atoms with Crippen LogP contribution in [0.15, 0.2) is 59.9 Å². The first-order valence-electron chi connectivity index (χ1n) is 12.4. The highest BCUT2D eigenvalue weighted by molar-refractivity contribution is 7.90. The Balaban J connectivity index is 1.30. The molecule has 0 saturated carbocycles. The van der Waals surface area contributed by atoms with Crippen LogP contribution < -0.4 is 4.74 Å². The number of nitriles is 1. The molecule has 0 atom stereocenters. The highest BCUT2D eigenvalue weighted by Crippen LogP contribution is 2.33. The number of hydrogen-bond acceptors (Lipinski definition) is 8. The number of sulfone groups is 1. The van der Waals surface area contributed by atoms with Gasteiger partial charge in [0.15, 0.2) is 21.3 Å². The fourth-order valence-corrected chi connectivity index (χ4v) is 6.06. The number of nitrogens with one attached hydrogen (secondary N) is 1. The molecule has 4 heterocycles. The zero-order chi connectivity index (χ0) is 28.2. The van der Waals surface area contributed by atoms with Crippen LogP contribution in [0.1, 0.15) is 27.2 Å². The van der Waals surface area contributed by atoms with Crippen molar-refractivity contribution in [2.75, 3.05) is 19.3 Å². The summed E-state index contributed by atoms with van der Waals surface area (Å²) in [5.41, 5.74) is 3.04. The quantitative estimate of drug-likeness (QED) is 0.323. The molecule has 0 aliphatic carbocycles. The minimum absolute atomic E-state index is 0.0272. The molecular weight excluding hydrogens is 532 g/mol. The van der Waals surface area contributed by atoms with Crippen molar-refractivity contribution in [1.29, 1.82) is 5.26 Å². The fraction of sp³-hybridized carbons (Fsp3) is 0.214. The summed E-state index contributed by atoms with van der Waals surface area (Å²) in [4.78, 5) is 21.6. The van der Waals surface area contributed by atoms with Gasteiger partial charge in [-0.05, 0) is 48.9 Å². The van der Waals surface area contributed by atoms with E-state index in [9.17, 15) is 23.6 Å². The Labute approximate surface area is 229 Å². The summed E-state index contributed by atoms with van der Waals surface area (Å²) in [6.07, 6.45) is 5.81. The van der Waals surface area contributed by atoms with Crippen LogP contribution in [-0.2, 0) is 16.4 Å². The zero-order valence-corrected chi connectivity index (χ0v) is 22.4. The van der Waals surface area contributed by atoms with Crippen LogP contribution in [0.4, 0.5) is 0 Å². The second kappa shape index (κ2) is 9.39. The van der Waals surface area contributed by atoms with Crippen molar-refractivity contribution in [2.45, 2.75) is 24.5 Å². The van der Waals surface area contributed by atoms with Crippen LogP contribution in [0, 0.1) is 18.3 Å². The molecule has 11 nitrogen and oxygen atoms in total. The van der Waals surface area contributed by atoms with E-state index in [-0.39, 0.29) is 42.1 Å². The number of H-pyrrole nitrogens is 1. The van der Waals surface area contributed by atoms with Gasteiger partial charge >= 0.3 is 0 Å². The van der Waals surface area contributed by atoms with E-state index in [0.717, 1.165) is 21.9 Å². The molecule has 6 rings (SSSR count). The molecule has 12 heteroatoms. The predicted octanol–water partition coefficient (Wildman–Crippen LogP) is 3.15. The number of carbonyl (C=O) groups excluding carboxylic acids is 1. The maximum Gasteiger partial charge on any atom is 0.276 e. The van der Waals surface area contributed by atoms with E-state index in [1.807, 2.05) is 13.0 Å². The highest BCUT2D eigenvalue weighted by Gasteiger charge is 2.35. The SMILES string of the molecule is Cc1cc(S(C)(=O)=O)c(Cn2cc3ccc(C#N)c(OC4CN(C(=O)c5ncccc5O)C4)c3n2)c2cc[nH]c12. The van der Waals surface area contributed by atoms with E-state index in [2.05, 4.69) is 16.0 Å². The normalized spacial score (nSPS) is 13.9. The van der Waals surface area contributed by atoms with E-state index in [1.165, 1.54) is 23.4 Å². The Kier molecular flexibility index (Phi) is 5.96. The van der Waals surface area contributed by atoms with E-state index in [4.69, 9.17) is 9.84 Å². The minimum atomic E-state index is -3.52. The molecule has 0 unspecified atom stereocenters. The summed E-state index contributed by atoms with van der Waals surface area (Å²) in [6, 6.07) is 12.0. The number of pyridine rings is 1. The second-order valence-corrected chi connectivity index (χ2v) is 11.8. The van der Waals surface area contributed by atoms with E-state index >= 15 is 0 Å². The number of amides is 1. The summed E-state index contributed by atoms with van der Waals surface area (Å²) in [5, 5.41) is 25.9. The fourth-order valence-electron chi connectivity index (χ4n) is 5.05. The number of aromatic hydroxyl groups is 1. The average Bonchev–Trinajstić information content (AvgIpc) is 3.54. The Bertz CT molecular complexity index is 1960. The maximum atomic E-state index is 12.7. The summed E-state index contributed by atoms with van der Waals surface area (Å²) >= 11 is 0. The first kappa shape index (κ1) is 25.4. The van der Waals surface area contributed by atoms with Crippen molar-refractivity contribution < 1.29 is 23.1 Å². The molecule has 40 heavy (non-hydrogen) atoms. The molecule has 5 aromatic rings. The van der Waals surface area contributed by atoms with Gasteiger partial charge in [0.1, 0.15) is 23.4 Å². The number of carbonyl (C=O) groups is 1. The van der Waals surface area contributed by atoms with Gasteiger partial charge in [0, 0.05) is 46.7 Å². The summed E-state index contributed by atoms with van der Waals surface area (Å²) in [5.74, 6) is -0.296. The molecule has 0 spiro atoms. The smallest absolute Gasteiger partial charge is 0.276 e. The van der Waals surface area contributed by atoms with Crippen LogP contribution >= 0.6 is 0 Å². The van der Waals surface area contributed by atoms with Crippen LogP contribution in [0.25, 0.3) is 21.8 Å². The lowest BCUT2D eigenvalue weighted by molar-refractivity contribution is 0.0175. The van der Waals surface area contributed by atoms with Gasteiger partial charge < -0.3 is 19.7 Å². The third-order valence-electron chi connectivity index (χ3n) is 7.04. The van der Waals surface area contributed by atoms with Crippen molar-refractivity contribution >= 4 is 37.6 Å². The van der Waals surface area contributed by atoms with Gasteiger partial charge in [0.25, 0.3) is 5.91 Å². The Morgan fingerprint density at radius 2 is 2.08 bits per heavy atom. The number of benzene rings is 2. The van der Waals surface area contributed by atoms with Gasteiger partial charge in [0.05, 0.1) is 30.1 Å². The number of aromatic amines is 1. The lowest BCUT2D eigenvalue weighted by atomic mass is 10.1. The monoisotopic (exact) mass is 556 g/mol. The highest BCUT2D eigenvalue weighted by atomic mass is 32.2. The van der Waals surface area contributed by atoms with Gasteiger partial charge in [0.2, 0.25) is 0 Å². The molecule has 1 saturated heterocycles. The summed E-state index contributed by atoms with van der Waals surface area (Å²) in [6.45, 7) is 2.56. The second-order valence-electron chi connectivity index (χ2n) is 9.85. The first-order chi connectivity index (χ1) is 19.1. The number of ether oxygens (including phenoxy) is 1. The topological polar surface area (TPSA) is 154 Å². The summed E-state index contributed by atoms with van der Waals surface area (Å²) < 4.78 is 33.2. The van der Waals surface area contributed by atoms with E-state index in [0.29, 0.717) is 22.4 Å². The maximum absolute atomic E-state index is 12.7. The lowest BCUT2D eigenvalue weighted by Gasteiger charge is -2.38. The number of fused-ring (bicyclic) bond motifs is 2. The number of aryl methyl sites for hydroxylation is 1. The molecular formula is C28H24N6O5S. The van der Waals surface area contributed by atoms with Crippen molar-refractivity contribution in [3.05, 3.63) is 77.4 Å². The van der Waals surface area contributed by atoms with Crippen molar-refractivity contribution in [2.24, 2.45) is 0 Å². The van der Waals surface area contributed by atoms with Crippen LogP contribution in [-0.4, -0.2) is 69.5 Å². The van der Waals surface area contributed by atoms with E-state index in [1.54, 1.807) is 41.3 Å². The Morgan fingerprint density at radius 3 is 2.80 bits per heavy atom. The molecule has 2 aromatic carbocycles. The molecule has 1 aliphatic heterocycles. The predicted molar refractivity (Wildman–Crippen MR) is 146 cm³/mol.